The maximum atomic E-state index is 5.59. The molecule has 88 valence electrons. The number of ether oxygens (including phenoxy) is 2. The van der Waals surface area contributed by atoms with Gasteiger partial charge in [0.25, 0.3) is 0 Å². The molecule has 17 heavy (non-hydrogen) atoms. The minimum atomic E-state index is 0.460. The van der Waals surface area contributed by atoms with Crippen LogP contribution in [0.5, 0.6) is 11.5 Å². The SMILES string of the molecule is Nc1cc(-c2cc3c(cc2Br)OCCO3)[nH]n1. The summed E-state index contributed by atoms with van der Waals surface area (Å²) in [6, 6.07) is 5.57. The van der Waals surface area contributed by atoms with E-state index in [2.05, 4.69) is 26.1 Å². The summed E-state index contributed by atoms with van der Waals surface area (Å²) >= 11 is 3.50. The first kappa shape index (κ1) is 10.5. The van der Waals surface area contributed by atoms with Gasteiger partial charge >= 0.3 is 0 Å². The standard InChI is InChI=1S/C11H10BrN3O2/c12-7-4-10-9(16-1-2-17-10)3-6(7)8-5-11(13)15-14-8/h3-5H,1-2H2,(H3,13,14,15). The Balaban J connectivity index is 2.11. The zero-order chi connectivity index (χ0) is 11.8. The molecule has 1 aromatic heterocycles. The van der Waals surface area contributed by atoms with Crippen LogP contribution < -0.4 is 15.2 Å². The van der Waals surface area contributed by atoms with Gasteiger partial charge in [-0.2, -0.15) is 5.10 Å². The Hall–Kier alpha value is -1.69. The van der Waals surface area contributed by atoms with Crippen molar-refractivity contribution in [3.8, 4) is 22.8 Å². The number of hydrogen-bond donors (Lipinski definition) is 2. The van der Waals surface area contributed by atoms with E-state index in [0.29, 0.717) is 19.0 Å². The highest BCUT2D eigenvalue weighted by Gasteiger charge is 2.16. The molecule has 0 radical (unpaired) electrons. The van der Waals surface area contributed by atoms with Crippen molar-refractivity contribution in [2.75, 3.05) is 18.9 Å². The molecule has 6 heteroatoms. The van der Waals surface area contributed by atoms with Crippen molar-refractivity contribution >= 4 is 21.7 Å². The van der Waals surface area contributed by atoms with Gasteiger partial charge in [0, 0.05) is 16.1 Å². The fraction of sp³-hybridized carbons (Fsp3) is 0.182. The van der Waals surface area contributed by atoms with Gasteiger partial charge in [0.15, 0.2) is 11.5 Å². The van der Waals surface area contributed by atoms with Crippen LogP contribution in [0.3, 0.4) is 0 Å². The molecule has 0 spiro atoms. The highest BCUT2D eigenvalue weighted by molar-refractivity contribution is 9.10. The Bertz CT molecular complexity index is 568. The number of nitrogen functional groups attached to an aromatic ring is 1. The lowest BCUT2D eigenvalue weighted by molar-refractivity contribution is 0.171. The zero-order valence-corrected chi connectivity index (χ0v) is 10.5. The van der Waals surface area contributed by atoms with Crippen LogP contribution in [0.25, 0.3) is 11.3 Å². The topological polar surface area (TPSA) is 73.2 Å². The molecule has 2 heterocycles. The summed E-state index contributed by atoms with van der Waals surface area (Å²) in [5.74, 6) is 1.95. The second-order valence-corrected chi connectivity index (χ2v) is 4.54. The Labute approximate surface area is 106 Å². The summed E-state index contributed by atoms with van der Waals surface area (Å²) in [6.45, 7) is 1.15. The molecule has 1 aliphatic heterocycles. The van der Waals surface area contributed by atoms with Gasteiger partial charge in [-0.1, -0.05) is 0 Å². The molecule has 2 aromatic rings. The maximum absolute atomic E-state index is 5.59. The molecule has 0 unspecified atom stereocenters. The monoisotopic (exact) mass is 295 g/mol. The van der Waals surface area contributed by atoms with E-state index in [1.807, 2.05) is 12.1 Å². The molecule has 0 amide bonds. The molecule has 0 saturated heterocycles. The van der Waals surface area contributed by atoms with Gasteiger partial charge in [0.1, 0.15) is 19.0 Å². The summed E-state index contributed by atoms with van der Waals surface area (Å²) in [5, 5.41) is 6.77. The molecular weight excluding hydrogens is 286 g/mol. The van der Waals surface area contributed by atoms with Gasteiger partial charge in [-0.15, -0.1) is 0 Å². The van der Waals surface area contributed by atoms with Gasteiger partial charge in [-0.05, 0) is 28.1 Å². The number of H-pyrrole nitrogens is 1. The Morgan fingerprint density at radius 3 is 2.53 bits per heavy atom. The first-order chi connectivity index (χ1) is 8.24. The summed E-state index contributed by atoms with van der Waals surface area (Å²) in [4.78, 5) is 0. The molecular formula is C11H10BrN3O2. The number of fused-ring (bicyclic) bond motifs is 1. The van der Waals surface area contributed by atoms with Crippen LogP contribution in [0.1, 0.15) is 0 Å². The van der Waals surface area contributed by atoms with Crippen molar-refractivity contribution in [1.82, 2.24) is 10.2 Å². The van der Waals surface area contributed by atoms with E-state index in [4.69, 9.17) is 15.2 Å². The zero-order valence-electron chi connectivity index (χ0n) is 8.87. The first-order valence-electron chi connectivity index (χ1n) is 5.14. The van der Waals surface area contributed by atoms with Gasteiger partial charge in [-0.3, -0.25) is 5.10 Å². The van der Waals surface area contributed by atoms with Crippen LogP contribution in [-0.2, 0) is 0 Å². The smallest absolute Gasteiger partial charge is 0.162 e. The Kier molecular flexibility index (Phi) is 2.44. The second-order valence-electron chi connectivity index (χ2n) is 3.68. The number of rotatable bonds is 1. The third kappa shape index (κ3) is 1.84. The fourth-order valence-corrected chi connectivity index (χ4v) is 2.28. The summed E-state index contributed by atoms with van der Waals surface area (Å²) in [5.41, 5.74) is 7.37. The predicted octanol–water partition coefficient (Wildman–Crippen LogP) is 2.19. The third-order valence-corrected chi connectivity index (χ3v) is 3.18. The molecule has 3 rings (SSSR count). The van der Waals surface area contributed by atoms with Gasteiger partial charge in [-0.25, -0.2) is 0 Å². The summed E-state index contributed by atoms with van der Waals surface area (Å²) in [6.07, 6.45) is 0. The van der Waals surface area contributed by atoms with Crippen molar-refractivity contribution in [2.45, 2.75) is 0 Å². The van der Waals surface area contributed by atoms with Gasteiger partial charge in [0.2, 0.25) is 0 Å². The number of nitrogens with one attached hydrogen (secondary N) is 1. The highest BCUT2D eigenvalue weighted by Crippen LogP contribution is 2.39. The molecule has 0 saturated carbocycles. The van der Waals surface area contributed by atoms with Gasteiger partial charge < -0.3 is 15.2 Å². The number of aromatic amines is 1. The van der Waals surface area contributed by atoms with Gasteiger partial charge in [0.05, 0.1) is 5.69 Å². The minimum Gasteiger partial charge on any atom is -0.486 e. The van der Waals surface area contributed by atoms with Crippen molar-refractivity contribution in [2.24, 2.45) is 0 Å². The third-order valence-electron chi connectivity index (χ3n) is 2.52. The van der Waals surface area contributed by atoms with E-state index >= 15 is 0 Å². The van der Waals surface area contributed by atoms with E-state index in [1.165, 1.54) is 0 Å². The largest absolute Gasteiger partial charge is 0.486 e. The summed E-state index contributed by atoms with van der Waals surface area (Å²) in [7, 11) is 0. The molecule has 3 N–H and O–H groups in total. The first-order valence-corrected chi connectivity index (χ1v) is 5.94. The number of aromatic nitrogens is 2. The van der Waals surface area contributed by atoms with E-state index < -0.39 is 0 Å². The van der Waals surface area contributed by atoms with Crippen molar-refractivity contribution in [3.05, 3.63) is 22.7 Å². The van der Waals surface area contributed by atoms with Crippen LogP contribution in [0.4, 0.5) is 5.82 Å². The Morgan fingerprint density at radius 1 is 1.18 bits per heavy atom. The van der Waals surface area contributed by atoms with Crippen molar-refractivity contribution in [3.63, 3.8) is 0 Å². The van der Waals surface area contributed by atoms with Crippen LogP contribution in [0.15, 0.2) is 22.7 Å². The Morgan fingerprint density at radius 2 is 1.88 bits per heavy atom. The molecule has 5 nitrogen and oxygen atoms in total. The van der Waals surface area contributed by atoms with E-state index in [9.17, 15) is 0 Å². The predicted molar refractivity (Wildman–Crippen MR) is 67.1 cm³/mol. The quantitative estimate of drug-likeness (QED) is 0.846. The molecule has 1 aliphatic rings. The molecule has 1 aromatic carbocycles. The van der Waals surface area contributed by atoms with Crippen LogP contribution in [-0.4, -0.2) is 23.4 Å². The van der Waals surface area contributed by atoms with Crippen LogP contribution >= 0.6 is 15.9 Å². The molecule has 0 aliphatic carbocycles. The molecule has 0 bridgehead atoms. The maximum Gasteiger partial charge on any atom is 0.162 e. The fourth-order valence-electron chi connectivity index (χ4n) is 1.75. The number of nitrogens with zero attached hydrogens (tertiary/aromatic N) is 1. The number of hydrogen-bond acceptors (Lipinski definition) is 4. The number of nitrogens with two attached hydrogens (primary N) is 1. The van der Waals surface area contributed by atoms with Crippen LogP contribution in [0.2, 0.25) is 0 Å². The molecule has 0 fully saturated rings. The average molecular weight is 296 g/mol. The minimum absolute atomic E-state index is 0.460. The summed E-state index contributed by atoms with van der Waals surface area (Å²) < 4.78 is 11.9. The van der Waals surface area contributed by atoms with E-state index in [0.717, 1.165) is 27.2 Å². The lowest BCUT2D eigenvalue weighted by atomic mass is 10.1. The second kappa shape index (κ2) is 3.96. The van der Waals surface area contributed by atoms with E-state index in [-0.39, 0.29) is 0 Å². The normalized spacial score (nSPS) is 13.7. The lowest BCUT2D eigenvalue weighted by Crippen LogP contribution is -2.15. The van der Waals surface area contributed by atoms with E-state index in [1.54, 1.807) is 6.07 Å². The lowest BCUT2D eigenvalue weighted by Gasteiger charge is -2.19. The number of halogens is 1. The molecule has 0 atom stereocenters. The number of benzene rings is 1. The van der Waals surface area contributed by atoms with Crippen molar-refractivity contribution in [1.29, 1.82) is 0 Å². The average Bonchev–Trinajstić information content (AvgIpc) is 2.75. The van der Waals surface area contributed by atoms with Crippen molar-refractivity contribution < 1.29 is 9.47 Å². The van der Waals surface area contributed by atoms with Crippen LogP contribution in [0, 0.1) is 0 Å². The number of anilines is 1. The highest BCUT2D eigenvalue weighted by atomic mass is 79.9.